The quantitative estimate of drug-likeness (QED) is 0.429. The first-order valence-electron chi connectivity index (χ1n) is 12.1. The van der Waals surface area contributed by atoms with Crippen LogP contribution in [0.2, 0.25) is 0 Å². The molecule has 1 aliphatic rings. The minimum absolute atomic E-state index is 0.102. The van der Waals surface area contributed by atoms with Gasteiger partial charge in [0.2, 0.25) is 11.9 Å². The zero-order chi connectivity index (χ0) is 25.4. The van der Waals surface area contributed by atoms with Crippen LogP contribution in [-0.2, 0) is 31.9 Å². The lowest BCUT2D eigenvalue weighted by atomic mass is 10.1. The number of nitrogens with zero attached hydrogens (tertiary/aromatic N) is 6. The number of rotatable bonds is 5. The van der Waals surface area contributed by atoms with Gasteiger partial charge in [0.15, 0.2) is 11.2 Å². The van der Waals surface area contributed by atoms with E-state index in [1.165, 1.54) is 11.6 Å². The molecule has 36 heavy (non-hydrogen) atoms. The highest BCUT2D eigenvalue weighted by Crippen LogP contribution is 2.23. The molecule has 1 amide bonds. The molecule has 9 heteroatoms. The summed E-state index contributed by atoms with van der Waals surface area (Å²) in [5.41, 5.74) is 3.19. The number of imidazole rings is 1. The summed E-state index contributed by atoms with van der Waals surface area (Å²) in [6, 6.07) is 17.9. The van der Waals surface area contributed by atoms with E-state index in [1.807, 2.05) is 71.0 Å². The molecule has 0 unspecified atom stereocenters. The number of piperazine rings is 1. The van der Waals surface area contributed by atoms with Gasteiger partial charge in [0, 0.05) is 40.3 Å². The van der Waals surface area contributed by atoms with E-state index in [-0.39, 0.29) is 11.5 Å². The van der Waals surface area contributed by atoms with Crippen molar-refractivity contribution in [3.8, 4) is 0 Å². The summed E-state index contributed by atoms with van der Waals surface area (Å²) in [7, 11) is 3.13. The predicted octanol–water partition coefficient (Wildman–Crippen LogP) is 1.68. The van der Waals surface area contributed by atoms with Gasteiger partial charge in [0.1, 0.15) is 0 Å². The van der Waals surface area contributed by atoms with E-state index in [0.29, 0.717) is 56.3 Å². The molecule has 0 atom stereocenters. The van der Waals surface area contributed by atoms with Crippen molar-refractivity contribution in [2.75, 3.05) is 31.1 Å². The Labute approximate surface area is 208 Å². The van der Waals surface area contributed by atoms with E-state index in [4.69, 9.17) is 4.98 Å². The van der Waals surface area contributed by atoms with Gasteiger partial charge in [-0.25, -0.2) is 4.79 Å². The van der Waals surface area contributed by atoms with Crippen molar-refractivity contribution in [1.82, 2.24) is 23.6 Å². The lowest BCUT2D eigenvalue weighted by molar-refractivity contribution is -0.130. The molecular weight excluding hydrogens is 456 g/mol. The third-order valence-corrected chi connectivity index (χ3v) is 6.90. The standard InChI is InChI=1S/C27H30N6O3/c1-19-9-11-21(12-10-19)18-33-23-24(29(2)27(36)30(3)25(23)35)28-26(33)32-15-13-31(14-16-32)22(34)17-20-7-5-4-6-8-20/h4-12H,13-18H2,1-3H3. The minimum atomic E-state index is -0.407. The summed E-state index contributed by atoms with van der Waals surface area (Å²) in [5, 5.41) is 0. The van der Waals surface area contributed by atoms with Crippen LogP contribution in [0.5, 0.6) is 0 Å². The van der Waals surface area contributed by atoms with Crippen molar-refractivity contribution in [3.05, 3.63) is 92.1 Å². The molecule has 3 heterocycles. The first-order valence-corrected chi connectivity index (χ1v) is 12.1. The van der Waals surface area contributed by atoms with Crippen LogP contribution in [0.4, 0.5) is 5.95 Å². The summed E-state index contributed by atoms with van der Waals surface area (Å²) in [4.78, 5) is 47.4. The highest BCUT2D eigenvalue weighted by atomic mass is 16.2. The first kappa shape index (κ1) is 23.6. The fourth-order valence-corrected chi connectivity index (χ4v) is 4.74. The summed E-state index contributed by atoms with van der Waals surface area (Å²) >= 11 is 0. The second kappa shape index (κ2) is 9.49. The number of benzene rings is 2. The van der Waals surface area contributed by atoms with Crippen molar-refractivity contribution < 1.29 is 4.79 Å². The van der Waals surface area contributed by atoms with Crippen molar-refractivity contribution in [1.29, 1.82) is 0 Å². The van der Waals surface area contributed by atoms with Gasteiger partial charge >= 0.3 is 5.69 Å². The van der Waals surface area contributed by atoms with Crippen LogP contribution >= 0.6 is 0 Å². The monoisotopic (exact) mass is 486 g/mol. The smallest absolute Gasteiger partial charge is 0.332 e. The topological polar surface area (TPSA) is 85.4 Å². The number of carbonyl (C=O) groups excluding carboxylic acids is 1. The van der Waals surface area contributed by atoms with Crippen LogP contribution < -0.4 is 16.1 Å². The Kier molecular flexibility index (Phi) is 6.22. The average molecular weight is 487 g/mol. The van der Waals surface area contributed by atoms with Crippen LogP contribution in [0.25, 0.3) is 11.2 Å². The lowest BCUT2D eigenvalue weighted by Crippen LogP contribution is -2.50. The summed E-state index contributed by atoms with van der Waals surface area (Å²) < 4.78 is 4.45. The van der Waals surface area contributed by atoms with Gasteiger partial charge in [-0.05, 0) is 18.1 Å². The average Bonchev–Trinajstić information content (AvgIpc) is 3.27. The Morgan fingerprint density at radius 2 is 1.53 bits per heavy atom. The predicted molar refractivity (Wildman–Crippen MR) is 139 cm³/mol. The highest BCUT2D eigenvalue weighted by molar-refractivity contribution is 5.79. The molecule has 2 aromatic heterocycles. The Morgan fingerprint density at radius 1 is 0.861 bits per heavy atom. The van der Waals surface area contributed by atoms with Crippen LogP contribution in [0, 0.1) is 6.92 Å². The number of aryl methyl sites for hydroxylation is 2. The third kappa shape index (κ3) is 4.32. The second-order valence-corrected chi connectivity index (χ2v) is 9.39. The van der Waals surface area contributed by atoms with Crippen molar-refractivity contribution in [3.63, 3.8) is 0 Å². The van der Waals surface area contributed by atoms with E-state index in [9.17, 15) is 14.4 Å². The van der Waals surface area contributed by atoms with Gasteiger partial charge < -0.3 is 9.80 Å². The summed E-state index contributed by atoms with van der Waals surface area (Å²) in [5.74, 6) is 0.740. The van der Waals surface area contributed by atoms with Crippen molar-refractivity contribution in [2.24, 2.45) is 14.1 Å². The lowest BCUT2D eigenvalue weighted by Gasteiger charge is -2.35. The molecule has 0 N–H and O–H groups in total. The number of hydrogen-bond acceptors (Lipinski definition) is 5. The third-order valence-electron chi connectivity index (χ3n) is 6.90. The van der Waals surface area contributed by atoms with Gasteiger partial charge in [-0.2, -0.15) is 4.98 Å². The zero-order valence-corrected chi connectivity index (χ0v) is 20.8. The molecule has 1 fully saturated rings. The highest BCUT2D eigenvalue weighted by Gasteiger charge is 2.27. The maximum absolute atomic E-state index is 13.2. The molecule has 0 spiro atoms. The van der Waals surface area contributed by atoms with Gasteiger partial charge in [0.05, 0.1) is 13.0 Å². The Hall–Kier alpha value is -4.14. The van der Waals surface area contributed by atoms with Gasteiger partial charge in [-0.3, -0.25) is 23.3 Å². The molecule has 0 bridgehead atoms. The second-order valence-electron chi connectivity index (χ2n) is 9.39. The maximum Gasteiger partial charge on any atom is 0.332 e. The van der Waals surface area contributed by atoms with Gasteiger partial charge in [-0.1, -0.05) is 60.2 Å². The van der Waals surface area contributed by atoms with Crippen LogP contribution in [0.15, 0.2) is 64.2 Å². The van der Waals surface area contributed by atoms with Gasteiger partial charge in [0.25, 0.3) is 5.56 Å². The van der Waals surface area contributed by atoms with Crippen molar-refractivity contribution >= 4 is 23.0 Å². The number of anilines is 1. The van der Waals surface area contributed by atoms with Gasteiger partial charge in [-0.15, -0.1) is 0 Å². The van der Waals surface area contributed by atoms with E-state index < -0.39 is 5.69 Å². The minimum Gasteiger partial charge on any atom is -0.339 e. The number of carbonyl (C=O) groups is 1. The largest absolute Gasteiger partial charge is 0.339 e. The fourth-order valence-electron chi connectivity index (χ4n) is 4.74. The number of aromatic nitrogens is 4. The molecule has 2 aromatic carbocycles. The molecular formula is C27H30N6O3. The first-order chi connectivity index (χ1) is 17.3. The number of fused-ring (bicyclic) bond motifs is 1. The SMILES string of the molecule is Cc1ccc(Cn2c(N3CCN(C(=O)Cc4ccccc4)CC3)nc3c2c(=O)n(C)c(=O)n3C)cc1. The molecule has 0 aliphatic carbocycles. The summed E-state index contributed by atoms with van der Waals surface area (Å²) in [6.45, 7) is 4.79. The number of amides is 1. The Morgan fingerprint density at radius 3 is 2.19 bits per heavy atom. The number of hydrogen-bond donors (Lipinski definition) is 0. The van der Waals surface area contributed by atoms with E-state index in [0.717, 1.165) is 21.3 Å². The molecule has 1 aliphatic heterocycles. The summed E-state index contributed by atoms with van der Waals surface area (Å²) in [6.07, 6.45) is 0.380. The van der Waals surface area contributed by atoms with Crippen LogP contribution in [0.3, 0.4) is 0 Å². The van der Waals surface area contributed by atoms with E-state index >= 15 is 0 Å². The van der Waals surface area contributed by atoms with Crippen LogP contribution in [-0.4, -0.2) is 55.7 Å². The molecule has 4 aromatic rings. The molecule has 1 saturated heterocycles. The van der Waals surface area contributed by atoms with E-state index in [1.54, 1.807) is 7.05 Å². The zero-order valence-electron chi connectivity index (χ0n) is 20.8. The Balaban J connectivity index is 1.46. The van der Waals surface area contributed by atoms with Crippen LogP contribution in [0.1, 0.15) is 16.7 Å². The Bertz CT molecular complexity index is 1520. The van der Waals surface area contributed by atoms with E-state index in [2.05, 4.69) is 4.90 Å². The maximum atomic E-state index is 13.2. The molecule has 186 valence electrons. The van der Waals surface area contributed by atoms with Crippen molar-refractivity contribution in [2.45, 2.75) is 19.9 Å². The molecule has 9 nitrogen and oxygen atoms in total. The molecule has 5 rings (SSSR count). The molecule has 0 radical (unpaired) electrons. The molecule has 0 saturated carbocycles. The fraction of sp³-hybridized carbons (Fsp3) is 0.333. The normalized spacial score (nSPS) is 14.0.